The van der Waals surface area contributed by atoms with E-state index in [-0.39, 0.29) is 30.0 Å². The summed E-state index contributed by atoms with van der Waals surface area (Å²) < 4.78 is 13.8. The van der Waals surface area contributed by atoms with Crippen LogP contribution in [0.3, 0.4) is 0 Å². The number of benzene rings is 1. The maximum atomic E-state index is 13.0. The van der Waals surface area contributed by atoms with Crippen molar-refractivity contribution in [3.05, 3.63) is 28.7 Å². The predicted octanol–water partition coefficient (Wildman–Crippen LogP) is 1.47. The summed E-state index contributed by atoms with van der Waals surface area (Å²) in [5, 5.41) is 0. The molecule has 2 amide bonds. The largest absolute Gasteiger partial charge is 0.497 e. The molecule has 9 nitrogen and oxygen atoms in total. The number of rotatable bonds is 6. The fourth-order valence-corrected chi connectivity index (χ4v) is 5.19. The standard InChI is InChI=1S/C24H34N4O5/c1-25-20-9-8-19(33-3)14-21(20)28(24(25)31)15-17-4-6-18(7-5-17)23(30)27-12-10-26(11-13-27)22(29)16-32-2/h8-9,14,17-18H,4-7,10-13,15-16H2,1-3H3. The Morgan fingerprint density at radius 3 is 2.27 bits per heavy atom. The third-order valence-corrected chi connectivity index (χ3v) is 7.20. The van der Waals surface area contributed by atoms with E-state index < -0.39 is 0 Å². The number of ether oxygens (including phenoxy) is 2. The highest BCUT2D eigenvalue weighted by Crippen LogP contribution is 2.32. The zero-order valence-corrected chi connectivity index (χ0v) is 19.8. The van der Waals surface area contributed by atoms with Gasteiger partial charge >= 0.3 is 5.69 Å². The zero-order valence-electron chi connectivity index (χ0n) is 19.8. The summed E-state index contributed by atoms with van der Waals surface area (Å²) in [5.74, 6) is 1.32. The number of imidazole rings is 1. The lowest BCUT2D eigenvalue weighted by Crippen LogP contribution is -2.52. The van der Waals surface area contributed by atoms with Crippen molar-refractivity contribution in [3.8, 4) is 5.75 Å². The molecule has 1 aromatic carbocycles. The van der Waals surface area contributed by atoms with E-state index in [1.165, 1.54) is 7.11 Å². The molecule has 0 N–H and O–H groups in total. The topological polar surface area (TPSA) is 86.0 Å². The first-order valence-electron chi connectivity index (χ1n) is 11.7. The van der Waals surface area contributed by atoms with Gasteiger partial charge < -0.3 is 19.3 Å². The highest BCUT2D eigenvalue weighted by atomic mass is 16.5. The van der Waals surface area contributed by atoms with E-state index in [4.69, 9.17) is 9.47 Å². The molecule has 180 valence electrons. The molecule has 1 aromatic heterocycles. The summed E-state index contributed by atoms with van der Waals surface area (Å²) in [4.78, 5) is 41.5. The van der Waals surface area contributed by atoms with Crippen LogP contribution in [0.5, 0.6) is 5.75 Å². The monoisotopic (exact) mass is 458 g/mol. The average molecular weight is 459 g/mol. The van der Waals surface area contributed by atoms with Gasteiger partial charge in [-0.15, -0.1) is 0 Å². The van der Waals surface area contributed by atoms with Gasteiger partial charge in [-0.3, -0.25) is 18.7 Å². The molecule has 2 fully saturated rings. The van der Waals surface area contributed by atoms with E-state index in [1.54, 1.807) is 23.6 Å². The molecule has 1 saturated carbocycles. The molecule has 0 radical (unpaired) electrons. The SMILES string of the molecule is COCC(=O)N1CCN(C(=O)C2CCC(Cn3c(=O)n(C)c4ccc(OC)cc43)CC2)CC1. The minimum absolute atomic E-state index is 0.0163. The second-order valence-corrected chi connectivity index (χ2v) is 9.16. The van der Waals surface area contributed by atoms with Crippen molar-refractivity contribution >= 4 is 22.8 Å². The molecule has 1 aliphatic carbocycles. The molecule has 33 heavy (non-hydrogen) atoms. The van der Waals surface area contributed by atoms with Crippen LogP contribution in [0.4, 0.5) is 0 Å². The summed E-state index contributed by atoms with van der Waals surface area (Å²) in [6.07, 6.45) is 3.54. The summed E-state index contributed by atoms with van der Waals surface area (Å²) in [6.45, 7) is 3.05. The van der Waals surface area contributed by atoms with Crippen LogP contribution < -0.4 is 10.4 Å². The molecule has 2 aromatic rings. The Balaban J connectivity index is 1.34. The number of aromatic nitrogens is 2. The molecule has 1 aliphatic heterocycles. The molecular formula is C24H34N4O5. The van der Waals surface area contributed by atoms with Crippen LogP contribution >= 0.6 is 0 Å². The number of piperazine rings is 1. The van der Waals surface area contributed by atoms with Gasteiger partial charge in [0.15, 0.2) is 0 Å². The van der Waals surface area contributed by atoms with E-state index in [0.29, 0.717) is 38.6 Å². The zero-order chi connectivity index (χ0) is 23.5. The number of carbonyl (C=O) groups excluding carboxylic acids is 2. The van der Waals surface area contributed by atoms with Gasteiger partial charge in [0.05, 0.1) is 18.1 Å². The van der Waals surface area contributed by atoms with E-state index in [0.717, 1.165) is 42.5 Å². The van der Waals surface area contributed by atoms with Crippen LogP contribution in [-0.2, 0) is 27.9 Å². The smallest absolute Gasteiger partial charge is 0.328 e. The van der Waals surface area contributed by atoms with Crippen LogP contribution in [0.15, 0.2) is 23.0 Å². The van der Waals surface area contributed by atoms with Crippen LogP contribution in [0.2, 0.25) is 0 Å². The fourth-order valence-electron chi connectivity index (χ4n) is 5.19. The van der Waals surface area contributed by atoms with E-state index in [1.807, 2.05) is 27.7 Å². The summed E-state index contributed by atoms with van der Waals surface area (Å²) in [6, 6.07) is 5.71. The van der Waals surface area contributed by atoms with Crippen molar-refractivity contribution in [2.45, 2.75) is 32.2 Å². The fraction of sp³-hybridized carbons (Fsp3) is 0.625. The molecule has 0 bridgehead atoms. The number of carbonyl (C=O) groups is 2. The van der Waals surface area contributed by atoms with E-state index >= 15 is 0 Å². The molecule has 4 rings (SSSR count). The van der Waals surface area contributed by atoms with Gasteiger partial charge in [0, 0.05) is 58.9 Å². The lowest BCUT2D eigenvalue weighted by atomic mass is 9.81. The minimum atomic E-state index is -0.0218. The van der Waals surface area contributed by atoms with Crippen molar-refractivity contribution in [2.75, 3.05) is 47.0 Å². The average Bonchev–Trinajstić information content (AvgIpc) is 3.08. The van der Waals surface area contributed by atoms with Crippen molar-refractivity contribution in [1.29, 1.82) is 0 Å². The van der Waals surface area contributed by atoms with Gasteiger partial charge in [-0.1, -0.05) is 0 Å². The van der Waals surface area contributed by atoms with Crippen LogP contribution in [0, 0.1) is 11.8 Å². The van der Waals surface area contributed by atoms with Crippen molar-refractivity contribution in [3.63, 3.8) is 0 Å². The summed E-state index contributed by atoms with van der Waals surface area (Å²) in [7, 11) is 4.94. The number of hydrogen-bond acceptors (Lipinski definition) is 5. The number of aryl methyl sites for hydroxylation is 1. The molecule has 0 atom stereocenters. The van der Waals surface area contributed by atoms with Gasteiger partial charge in [-0.25, -0.2) is 4.79 Å². The van der Waals surface area contributed by atoms with Gasteiger partial charge in [0.25, 0.3) is 0 Å². The molecule has 0 spiro atoms. The second kappa shape index (κ2) is 9.99. The van der Waals surface area contributed by atoms with Gasteiger partial charge in [0.1, 0.15) is 12.4 Å². The van der Waals surface area contributed by atoms with E-state index in [9.17, 15) is 14.4 Å². The quantitative estimate of drug-likeness (QED) is 0.655. The molecule has 2 aliphatic rings. The molecule has 1 saturated heterocycles. The Kier molecular flexibility index (Phi) is 7.07. The van der Waals surface area contributed by atoms with Crippen LogP contribution in [0.25, 0.3) is 11.0 Å². The van der Waals surface area contributed by atoms with Gasteiger partial charge in [-0.2, -0.15) is 0 Å². The highest BCUT2D eigenvalue weighted by molar-refractivity contribution is 5.80. The minimum Gasteiger partial charge on any atom is -0.497 e. The van der Waals surface area contributed by atoms with Gasteiger partial charge in [-0.05, 0) is 43.7 Å². The van der Waals surface area contributed by atoms with Crippen molar-refractivity contribution in [2.24, 2.45) is 18.9 Å². The number of nitrogens with zero attached hydrogens (tertiary/aromatic N) is 4. The molecule has 2 heterocycles. The highest BCUT2D eigenvalue weighted by Gasteiger charge is 2.32. The number of hydrogen-bond donors (Lipinski definition) is 0. The molecular weight excluding hydrogens is 424 g/mol. The first-order chi connectivity index (χ1) is 15.9. The Morgan fingerprint density at radius 1 is 0.970 bits per heavy atom. The first kappa shape index (κ1) is 23.4. The lowest BCUT2D eigenvalue weighted by molar-refractivity contribution is -0.144. The summed E-state index contributed by atoms with van der Waals surface area (Å²) in [5.41, 5.74) is 1.77. The Morgan fingerprint density at radius 2 is 1.64 bits per heavy atom. The van der Waals surface area contributed by atoms with Crippen molar-refractivity contribution in [1.82, 2.24) is 18.9 Å². The van der Waals surface area contributed by atoms with Gasteiger partial charge in [0.2, 0.25) is 11.8 Å². The Labute approximate surface area is 193 Å². The molecule has 9 heteroatoms. The van der Waals surface area contributed by atoms with Crippen molar-refractivity contribution < 1.29 is 19.1 Å². The lowest BCUT2D eigenvalue weighted by Gasteiger charge is -2.38. The predicted molar refractivity (Wildman–Crippen MR) is 124 cm³/mol. The van der Waals surface area contributed by atoms with E-state index in [2.05, 4.69) is 0 Å². The molecule has 0 unspecified atom stereocenters. The second-order valence-electron chi connectivity index (χ2n) is 9.16. The third-order valence-electron chi connectivity index (χ3n) is 7.20. The van der Waals surface area contributed by atoms with Crippen LogP contribution in [-0.4, -0.2) is 77.8 Å². The maximum Gasteiger partial charge on any atom is 0.328 e. The summed E-state index contributed by atoms with van der Waals surface area (Å²) >= 11 is 0. The first-order valence-corrected chi connectivity index (χ1v) is 11.7. The third kappa shape index (κ3) is 4.78. The number of amides is 2. The Bertz CT molecular complexity index is 1060. The normalized spacial score (nSPS) is 21.4. The maximum absolute atomic E-state index is 13.0. The number of fused-ring (bicyclic) bond motifs is 1. The Hall–Kier alpha value is -2.81. The van der Waals surface area contributed by atoms with Crippen LogP contribution in [0.1, 0.15) is 25.7 Å². The number of methoxy groups -OCH3 is 2.